The van der Waals surface area contributed by atoms with Crippen LogP contribution in [0.1, 0.15) is 80.2 Å². The van der Waals surface area contributed by atoms with Gasteiger partial charge in [0.2, 0.25) is 5.91 Å². The van der Waals surface area contributed by atoms with Crippen molar-refractivity contribution in [2.75, 3.05) is 27.9 Å². The molecule has 2 aliphatic heterocycles. The zero-order chi connectivity index (χ0) is 40.2. The van der Waals surface area contributed by atoms with Crippen molar-refractivity contribution in [3.63, 3.8) is 0 Å². The fourth-order valence-corrected chi connectivity index (χ4v) is 9.91. The Morgan fingerprint density at radius 2 is 1.45 bits per heavy atom. The van der Waals surface area contributed by atoms with Gasteiger partial charge < -0.3 is 23.8 Å². The van der Waals surface area contributed by atoms with E-state index in [-0.39, 0.29) is 25.3 Å². The topological polar surface area (TPSA) is 158 Å². The molecule has 55 heavy (non-hydrogen) atoms. The first-order valence-electron chi connectivity index (χ1n) is 18.6. The van der Waals surface area contributed by atoms with E-state index in [1.807, 2.05) is 56.3 Å². The summed E-state index contributed by atoms with van der Waals surface area (Å²) < 4.78 is 36.8. The smallest absolute Gasteiger partial charge is 0.411 e. The van der Waals surface area contributed by atoms with Crippen molar-refractivity contribution in [3.05, 3.63) is 83.4 Å². The lowest BCUT2D eigenvalue weighted by Crippen LogP contribution is -2.55. The van der Waals surface area contributed by atoms with E-state index >= 15 is 0 Å². The van der Waals surface area contributed by atoms with Crippen molar-refractivity contribution in [1.29, 1.82) is 0 Å². The Kier molecular flexibility index (Phi) is 12.9. The maximum atomic E-state index is 14.7. The number of ether oxygens (including phenoxy) is 2. The molecule has 0 aliphatic carbocycles. The van der Waals surface area contributed by atoms with Gasteiger partial charge in [0, 0.05) is 37.3 Å². The van der Waals surface area contributed by atoms with Gasteiger partial charge in [-0.1, -0.05) is 68.4 Å². The summed E-state index contributed by atoms with van der Waals surface area (Å²) in [4.78, 5) is 72.4. The summed E-state index contributed by atoms with van der Waals surface area (Å²) >= 11 is 0. The molecule has 13 nitrogen and oxygen atoms in total. The number of carbonyl (C=O) groups is 5. The van der Waals surface area contributed by atoms with Gasteiger partial charge in [-0.3, -0.25) is 28.7 Å². The molecule has 4 amide bonds. The van der Waals surface area contributed by atoms with E-state index in [1.165, 1.54) is 21.3 Å². The molecule has 3 aromatic rings. The van der Waals surface area contributed by atoms with E-state index in [4.69, 9.17) is 18.5 Å². The number of hydrogen-bond donors (Lipinski definition) is 1. The van der Waals surface area contributed by atoms with Gasteiger partial charge in [-0.05, 0) is 87.3 Å². The number of aryl methyl sites for hydroxylation is 1. The van der Waals surface area contributed by atoms with Gasteiger partial charge in [0.1, 0.15) is 23.5 Å². The van der Waals surface area contributed by atoms with E-state index < -0.39 is 72.7 Å². The summed E-state index contributed by atoms with van der Waals surface area (Å²) in [5.74, 6) is -5.26. The average molecular weight is 778 g/mol. The summed E-state index contributed by atoms with van der Waals surface area (Å²) in [6.07, 6.45) is 0.0901. The number of hydrogen-bond acceptors (Lipinski definition) is 10. The quantitative estimate of drug-likeness (QED) is 0.105. The molecule has 2 heterocycles. The van der Waals surface area contributed by atoms with E-state index in [2.05, 4.69) is 5.32 Å². The van der Waals surface area contributed by atoms with Crippen LogP contribution in [0.25, 0.3) is 10.8 Å². The molecule has 0 unspecified atom stereocenters. The molecule has 296 valence electrons. The molecular formula is C41H52N3O10P. The van der Waals surface area contributed by atoms with E-state index in [0.717, 1.165) is 20.7 Å². The van der Waals surface area contributed by atoms with Crippen LogP contribution in [0.5, 0.6) is 0 Å². The number of rotatable bonds is 14. The fourth-order valence-electron chi connectivity index (χ4n) is 7.94. The third-order valence-corrected chi connectivity index (χ3v) is 12.6. The Balaban J connectivity index is 1.57. The minimum absolute atomic E-state index is 0.0336. The van der Waals surface area contributed by atoms with Gasteiger partial charge in [-0.25, -0.2) is 9.59 Å². The predicted octanol–water partition coefficient (Wildman–Crippen LogP) is 6.83. The number of nitrogens with zero attached hydrogens (tertiary/aromatic N) is 2. The van der Waals surface area contributed by atoms with Gasteiger partial charge in [-0.2, -0.15) is 0 Å². The molecule has 3 aromatic carbocycles. The zero-order valence-electron chi connectivity index (χ0n) is 32.8. The third kappa shape index (κ3) is 8.79. The number of methoxy groups -OCH3 is 1. The molecule has 5 rings (SSSR count). The van der Waals surface area contributed by atoms with E-state index in [0.29, 0.717) is 29.4 Å². The van der Waals surface area contributed by atoms with Gasteiger partial charge in [0.25, 0.3) is 11.8 Å². The predicted molar refractivity (Wildman–Crippen MR) is 206 cm³/mol. The maximum Gasteiger partial charge on any atom is 0.411 e. The molecule has 1 fully saturated rings. The van der Waals surface area contributed by atoms with Crippen LogP contribution in [0.3, 0.4) is 0 Å². The Bertz CT molecular complexity index is 1900. The minimum Gasteiger partial charge on any atom is -0.467 e. The van der Waals surface area contributed by atoms with Crippen molar-refractivity contribution in [1.82, 2.24) is 15.1 Å². The Morgan fingerprint density at radius 3 is 1.98 bits per heavy atom. The number of likely N-dealkylation sites (tertiary alicyclic amines) is 1. The monoisotopic (exact) mass is 777 g/mol. The van der Waals surface area contributed by atoms with Gasteiger partial charge in [-0.15, -0.1) is 0 Å². The summed E-state index contributed by atoms with van der Waals surface area (Å²) in [6.45, 7) is 8.80. The number of nitrogens with one attached hydrogen (secondary N) is 1. The number of imide groups is 1. The second kappa shape index (κ2) is 17.1. The van der Waals surface area contributed by atoms with Crippen molar-refractivity contribution < 1.29 is 47.1 Å². The van der Waals surface area contributed by atoms with Crippen LogP contribution in [0.2, 0.25) is 0 Å². The van der Waals surface area contributed by atoms with E-state index in [9.17, 15) is 28.5 Å². The van der Waals surface area contributed by atoms with Crippen molar-refractivity contribution in [3.8, 4) is 0 Å². The molecule has 14 heteroatoms. The lowest BCUT2D eigenvalue weighted by molar-refractivity contribution is -0.146. The molecule has 5 atom stereocenters. The first-order valence-corrected chi connectivity index (χ1v) is 20.2. The van der Waals surface area contributed by atoms with Crippen LogP contribution >= 0.6 is 7.60 Å². The van der Waals surface area contributed by atoms with Crippen LogP contribution in [-0.4, -0.2) is 90.9 Å². The lowest BCUT2D eigenvalue weighted by atomic mass is 9.81. The fraction of sp³-hybridized carbons (Fsp3) is 0.488. The number of carbonyl (C=O) groups excluding carboxylic acids is 5. The van der Waals surface area contributed by atoms with Crippen LogP contribution in [0, 0.1) is 17.8 Å². The normalized spacial score (nSPS) is 20.5. The standard InChI is InChI=1S/C41H52N3O10P/c1-25(2)24-31-28(22-23-43-36(46)29-18-12-16-27-17-13-19-30(33(27)29)37(43)47)38(55(50,52-7)53-8)44(40(49)54-41(3,4)5)34(31)35(45)42-32(39(48)51-6)21-20-26-14-10-9-11-15-26/h9-19,25,28,31-32,34,38H,20-24H2,1-8H3,(H,42,45)/t28-,31-,32+,34-,38-/m1/s1. The maximum absolute atomic E-state index is 14.7. The van der Waals surface area contributed by atoms with Crippen LogP contribution in [-0.2, 0) is 39.1 Å². The van der Waals surface area contributed by atoms with Crippen molar-refractivity contribution >= 4 is 48.2 Å². The minimum atomic E-state index is -4.25. The van der Waals surface area contributed by atoms with Gasteiger partial charge >= 0.3 is 19.7 Å². The molecule has 0 spiro atoms. The van der Waals surface area contributed by atoms with E-state index in [1.54, 1.807) is 45.0 Å². The summed E-state index contributed by atoms with van der Waals surface area (Å²) in [6, 6.07) is 17.6. The molecule has 1 N–H and O–H groups in total. The number of esters is 1. The molecule has 0 bridgehead atoms. The van der Waals surface area contributed by atoms with Crippen LogP contribution in [0.4, 0.5) is 4.79 Å². The SMILES string of the molecule is COC(=O)[C@H](CCc1ccccc1)NC(=O)[C@H]1[C@H](CC(C)C)[C@@H](CCN2C(=O)c3cccc4cccc(c34)C2=O)[C@@H](P(=O)(OC)OC)N1C(=O)OC(C)(C)C. The molecule has 0 aromatic heterocycles. The largest absolute Gasteiger partial charge is 0.467 e. The highest BCUT2D eigenvalue weighted by Crippen LogP contribution is 2.62. The van der Waals surface area contributed by atoms with Crippen LogP contribution in [0.15, 0.2) is 66.7 Å². The van der Waals surface area contributed by atoms with Crippen LogP contribution < -0.4 is 5.32 Å². The highest BCUT2D eigenvalue weighted by atomic mass is 31.2. The number of benzene rings is 3. The Hall–Kier alpha value is -4.58. The number of amides is 4. The first kappa shape index (κ1) is 41.6. The highest BCUT2D eigenvalue weighted by molar-refractivity contribution is 7.54. The van der Waals surface area contributed by atoms with Gasteiger partial charge in [0.15, 0.2) is 0 Å². The second-order valence-corrected chi connectivity index (χ2v) is 17.8. The van der Waals surface area contributed by atoms with Gasteiger partial charge in [0.05, 0.1) is 7.11 Å². The molecule has 0 saturated carbocycles. The lowest BCUT2D eigenvalue weighted by Gasteiger charge is -2.36. The Labute approximate surface area is 322 Å². The summed E-state index contributed by atoms with van der Waals surface area (Å²) in [5.41, 5.74) is 0.683. The van der Waals surface area contributed by atoms with Crippen molar-refractivity contribution in [2.45, 2.75) is 83.8 Å². The highest BCUT2D eigenvalue weighted by Gasteiger charge is 2.61. The average Bonchev–Trinajstić information content (AvgIpc) is 3.48. The van der Waals surface area contributed by atoms with Crippen molar-refractivity contribution in [2.24, 2.45) is 17.8 Å². The zero-order valence-corrected chi connectivity index (χ0v) is 33.7. The second-order valence-electron chi connectivity index (χ2n) is 15.5. The Morgan fingerprint density at radius 1 is 0.855 bits per heavy atom. The molecular weight excluding hydrogens is 725 g/mol. The molecule has 1 saturated heterocycles. The molecule has 0 radical (unpaired) electrons. The third-order valence-electron chi connectivity index (χ3n) is 10.3. The summed E-state index contributed by atoms with van der Waals surface area (Å²) in [7, 11) is -0.622. The first-order chi connectivity index (χ1) is 26.0. The molecule has 2 aliphatic rings. The summed E-state index contributed by atoms with van der Waals surface area (Å²) in [5, 5.41) is 4.19.